The Morgan fingerprint density at radius 2 is 2.08 bits per heavy atom. The summed E-state index contributed by atoms with van der Waals surface area (Å²) in [5, 5.41) is 4.83. The molecule has 0 atom stereocenters. The van der Waals surface area contributed by atoms with E-state index in [1.807, 2.05) is 0 Å². The minimum absolute atomic E-state index is 0.0837. The SMILES string of the molecule is Cc1cc(S(N)(=O)=O)c[nH]c1=O. The lowest BCUT2D eigenvalue weighted by molar-refractivity contribution is 0.597. The number of rotatable bonds is 1. The van der Waals surface area contributed by atoms with Gasteiger partial charge in [0, 0.05) is 11.8 Å². The summed E-state index contributed by atoms with van der Waals surface area (Å²) in [7, 11) is -3.71. The van der Waals surface area contributed by atoms with Crippen molar-refractivity contribution in [3.05, 3.63) is 28.2 Å². The number of H-pyrrole nitrogens is 1. The number of aromatic nitrogens is 1. The third-order valence-corrected chi connectivity index (χ3v) is 2.28. The van der Waals surface area contributed by atoms with Crippen molar-refractivity contribution in [2.75, 3.05) is 0 Å². The molecule has 0 saturated carbocycles. The molecule has 3 N–H and O–H groups in total. The van der Waals surface area contributed by atoms with Gasteiger partial charge in [0.05, 0.1) is 4.90 Å². The number of aryl methyl sites for hydroxylation is 1. The van der Waals surface area contributed by atoms with Crippen LogP contribution >= 0.6 is 0 Å². The number of sulfonamides is 1. The molecule has 5 nitrogen and oxygen atoms in total. The first kappa shape index (κ1) is 8.95. The number of hydrogen-bond donors (Lipinski definition) is 2. The fraction of sp³-hybridized carbons (Fsp3) is 0.167. The minimum Gasteiger partial charge on any atom is -0.328 e. The maximum Gasteiger partial charge on any atom is 0.250 e. The quantitative estimate of drug-likeness (QED) is 0.612. The number of aromatic amines is 1. The minimum atomic E-state index is -3.71. The van der Waals surface area contributed by atoms with E-state index in [-0.39, 0.29) is 10.5 Å². The molecule has 0 amide bonds. The lowest BCUT2D eigenvalue weighted by Gasteiger charge is -1.97. The molecule has 0 saturated heterocycles. The van der Waals surface area contributed by atoms with Crippen molar-refractivity contribution in [1.29, 1.82) is 0 Å². The molecule has 1 aromatic rings. The first-order valence-corrected chi connectivity index (χ1v) is 4.68. The topological polar surface area (TPSA) is 93.0 Å². The second-order valence-corrected chi connectivity index (χ2v) is 3.95. The van der Waals surface area contributed by atoms with Crippen molar-refractivity contribution >= 4 is 10.0 Å². The summed E-state index contributed by atoms with van der Waals surface area (Å²) >= 11 is 0. The monoisotopic (exact) mass is 188 g/mol. The highest BCUT2D eigenvalue weighted by molar-refractivity contribution is 7.89. The van der Waals surface area contributed by atoms with E-state index in [1.165, 1.54) is 13.0 Å². The highest BCUT2D eigenvalue weighted by atomic mass is 32.2. The van der Waals surface area contributed by atoms with Crippen LogP contribution in [-0.4, -0.2) is 13.4 Å². The molecule has 0 aliphatic rings. The van der Waals surface area contributed by atoms with E-state index in [0.29, 0.717) is 5.56 Å². The summed E-state index contributed by atoms with van der Waals surface area (Å²) in [6.07, 6.45) is 1.07. The van der Waals surface area contributed by atoms with Crippen LogP contribution in [0.3, 0.4) is 0 Å². The molecule has 1 heterocycles. The Labute approximate surface area is 69.3 Å². The van der Waals surface area contributed by atoms with Gasteiger partial charge >= 0.3 is 0 Å². The van der Waals surface area contributed by atoms with E-state index in [4.69, 9.17) is 5.14 Å². The summed E-state index contributed by atoms with van der Waals surface area (Å²) < 4.78 is 21.5. The molecule has 0 spiro atoms. The summed E-state index contributed by atoms with van der Waals surface area (Å²) in [5.74, 6) is 0. The Morgan fingerprint density at radius 1 is 1.50 bits per heavy atom. The Kier molecular flexibility index (Phi) is 2.03. The van der Waals surface area contributed by atoms with Gasteiger partial charge in [-0.3, -0.25) is 4.79 Å². The van der Waals surface area contributed by atoms with Gasteiger partial charge in [0.25, 0.3) is 5.56 Å². The Morgan fingerprint density at radius 3 is 2.50 bits per heavy atom. The maximum atomic E-state index is 10.8. The first-order valence-electron chi connectivity index (χ1n) is 3.13. The Balaban J connectivity index is 3.43. The average Bonchev–Trinajstić information content (AvgIpc) is 1.92. The van der Waals surface area contributed by atoms with E-state index in [2.05, 4.69) is 4.98 Å². The molecule has 1 aromatic heterocycles. The van der Waals surface area contributed by atoms with Crippen LogP contribution in [0.5, 0.6) is 0 Å². The van der Waals surface area contributed by atoms with E-state index < -0.39 is 10.0 Å². The van der Waals surface area contributed by atoms with E-state index in [0.717, 1.165) is 6.20 Å². The van der Waals surface area contributed by atoms with E-state index in [9.17, 15) is 13.2 Å². The molecular weight excluding hydrogens is 180 g/mol. The molecule has 0 radical (unpaired) electrons. The summed E-state index contributed by atoms with van der Waals surface area (Å²) in [6, 6.07) is 1.23. The molecule has 0 fully saturated rings. The van der Waals surface area contributed by atoms with Gasteiger partial charge in [0.2, 0.25) is 10.0 Å². The zero-order valence-electron chi connectivity index (χ0n) is 6.37. The van der Waals surface area contributed by atoms with Crippen molar-refractivity contribution in [3.8, 4) is 0 Å². The predicted octanol–water partition coefficient (Wildman–Crippen LogP) is -0.669. The number of primary sulfonamides is 1. The van der Waals surface area contributed by atoms with Crippen molar-refractivity contribution in [2.24, 2.45) is 5.14 Å². The second-order valence-electron chi connectivity index (χ2n) is 2.39. The largest absolute Gasteiger partial charge is 0.328 e. The number of pyridine rings is 1. The number of nitrogens with two attached hydrogens (primary N) is 1. The molecule has 6 heteroatoms. The van der Waals surface area contributed by atoms with Gasteiger partial charge < -0.3 is 4.98 Å². The number of nitrogens with one attached hydrogen (secondary N) is 1. The normalized spacial score (nSPS) is 11.5. The van der Waals surface area contributed by atoms with E-state index >= 15 is 0 Å². The molecule has 12 heavy (non-hydrogen) atoms. The van der Waals surface area contributed by atoms with Gasteiger partial charge in [0.1, 0.15) is 0 Å². The highest BCUT2D eigenvalue weighted by Crippen LogP contribution is 2.02. The van der Waals surface area contributed by atoms with Crippen molar-refractivity contribution in [1.82, 2.24) is 4.98 Å². The summed E-state index contributed by atoms with van der Waals surface area (Å²) in [4.78, 5) is 13.0. The molecule has 66 valence electrons. The first-order chi connectivity index (χ1) is 5.41. The third kappa shape index (κ3) is 1.72. The van der Waals surface area contributed by atoms with Crippen molar-refractivity contribution in [3.63, 3.8) is 0 Å². The van der Waals surface area contributed by atoms with Gasteiger partial charge in [-0.2, -0.15) is 0 Å². The second kappa shape index (κ2) is 2.72. The van der Waals surface area contributed by atoms with Crippen LogP contribution in [0.2, 0.25) is 0 Å². The van der Waals surface area contributed by atoms with Crippen LogP contribution in [0.25, 0.3) is 0 Å². The van der Waals surface area contributed by atoms with Gasteiger partial charge in [-0.15, -0.1) is 0 Å². The van der Waals surface area contributed by atoms with Crippen LogP contribution < -0.4 is 10.7 Å². The Hall–Kier alpha value is -1.14. The van der Waals surface area contributed by atoms with Crippen LogP contribution in [0.4, 0.5) is 0 Å². The molecule has 0 unspecified atom stereocenters. The molecule has 0 bridgehead atoms. The van der Waals surface area contributed by atoms with E-state index in [1.54, 1.807) is 0 Å². The molecule has 0 aliphatic carbocycles. The molecular formula is C6H8N2O3S. The standard InChI is InChI=1S/C6H8N2O3S/c1-4-2-5(12(7,10)11)3-8-6(4)9/h2-3H,1H3,(H,8,9)(H2,7,10,11). The van der Waals surface area contributed by atoms with Crippen LogP contribution in [-0.2, 0) is 10.0 Å². The average molecular weight is 188 g/mol. The number of hydrogen-bond acceptors (Lipinski definition) is 3. The van der Waals surface area contributed by atoms with Gasteiger partial charge in [0.15, 0.2) is 0 Å². The summed E-state index contributed by atoms with van der Waals surface area (Å²) in [6.45, 7) is 1.51. The highest BCUT2D eigenvalue weighted by Gasteiger charge is 2.07. The van der Waals surface area contributed by atoms with Crippen molar-refractivity contribution in [2.45, 2.75) is 11.8 Å². The lowest BCUT2D eigenvalue weighted by atomic mass is 10.3. The van der Waals surface area contributed by atoms with Gasteiger partial charge in [-0.25, -0.2) is 13.6 Å². The molecule has 1 rings (SSSR count). The van der Waals surface area contributed by atoms with Crippen LogP contribution in [0.15, 0.2) is 22.0 Å². The smallest absolute Gasteiger partial charge is 0.250 e. The van der Waals surface area contributed by atoms with Crippen LogP contribution in [0.1, 0.15) is 5.56 Å². The molecule has 0 aliphatic heterocycles. The fourth-order valence-corrected chi connectivity index (χ4v) is 1.30. The fourth-order valence-electron chi connectivity index (χ4n) is 0.735. The van der Waals surface area contributed by atoms with Gasteiger partial charge in [-0.05, 0) is 13.0 Å². The molecule has 0 aromatic carbocycles. The third-order valence-electron chi connectivity index (χ3n) is 1.39. The lowest BCUT2D eigenvalue weighted by Crippen LogP contribution is -2.16. The predicted molar refractivity (Wildman–Crippen MR) is 43.2 cm³/mol. The van der Waals surface area contributed by atoms with Crippen LogP contribution in [0, 0.1) is 6.92 Å². The maximum absolute atomic E-state index is 10.8. The van der Waals surface area contributed by atoms with Gasteiger partial charge in [-0.1, -0.05) is 0 Å². The Bertz CT molecular complexity index is 446. The summed E-state index contributed by atoms with van der Waals surface area (Å²) in [5.41, 5.74) is 0.00363. The van der Waals surface area contributed by atoms with Crippen molar-refractivity contribution < 1.29 is 8.42 Å². The zero-order chi connectivity index (χ0) is 9.35. The zero-order valence-corrected chi connectivity index (χ0v) is 7.18.